The van der Waals surface area contributed by atoms with Crippen molar-refractivity contribution in [2.45, 2.75) is 90.9 Å². The molecule has 0 radical (unpaired) electrons. The lowest BCUT2D eigenvalue weighted by molar-refractivity contribution is 0.144. The van der Waals surface area contributed by atoms with Crippen molar-refractivity contribution in [3.05, 3.63) is 29.3 Å². The Kier molecular flexibility index (Phi) is 11.0. The summed E-state index contributed by atoms with van der Waals surface area (Å²) in [5.74, 6) is 0.532. The second kappa shape index (κ2) is 12.9. The van der Waals surface area contributed by atoms with Gasteiger partial charge in [0, 0.05) is 0 Å². The smallest absolute Gasteiger partial charge is 0.449 e. The van der Waals surface area contributed by atoms with Crippen molar-refractivity contribution in [3.63, 3.8) is 0 Å². The molecule has 0 spiro atoms. The van der Waals surface area contributed by atoms with Gasteiger partial charge in [-0.15, -0.1) is 0 Å². The summed E-state index contributed by atoms with van der Waals surface area (Å²) in [6, 6.07) is 5.84. The number of carboxylic acid groups (broad SMARTS) is 1. The third-order valence-electron chi connectivity index (χ3n) is 4.51. The normalized spacial score (nSPS) is 10.8. The van der Waals surface area contributed by atoms with Crippen LogP contribution in [0.4, 0.5) is 4.79 Å². The second-order valence-electron chi connectivity index (χ2n) is 6.59. The summed E-state index contributed by atoms with van der Waals surface area (Å²) < 4.78 is 5.03. The molecule has 0 heterocycles. The van der Waals surface area contributed by atoms with Gasteiger partial charge < -0.3 is 9.84 Å². The molecule has 0 aliphatic heterocycles. The summed E-state index contributed by atoms with van der Waals surface area (Å²) in [6.07, 6.45) is 13.0. The average molecular weight is 335 g/mol. The summed E-state index contributed by atoms with van der Waals surface area (Å²) in [5, 5.41) is 8.97. The number of aryl methyl sites for hydroxylation is 1. The summed E-state index contributed by atoms with van der Waals surface area (Å²) >= 11 is 0. The van der Waals surface area contributed by atoms with Crippen LogP contribution in [0.5, 0.6) is 5.75 Å². The van der Waals surface area contributed by atoms with Gasteiger partial charge in [0.25, 0.3) is 0 Å². The SMILES string of the molecule is CCCCCCCc1cccc(OC(=O)O)c1CCCCCCC. The van der Waals surface area contributed by atoms with Gasteiger partial charge in [-0.2, -0.15) is 0 Å². The molecule has 0 atom stereocenters. The van der Waals surface area contributed by atoms with Gasteiger partial charge in [-0.1, -0.05) is 77.3 Å². The zero-order chi connectivity index (χ0) is 17.6. The van der Waals surface area contributed by atoms with E-state index in [0.717, 1.165) is 24.8 Å². The first-order chi connectivity index (χ1) is 11.7. The predicted octanol–water partition coefficient (Wildman–Crippen LogP) is 6.77. The topological polar surface area (TPSA) is 46.5 Å². The van der Waals surface area contributed by atoms with Crippen LogP contribution in [0.25, 0.3) is 0 Å². The number of ether oxygens (including phenoxy) is 1. The van der Waals surface area contributed by atoms with E-state index < -0.39 is 6.16 Å². The molecule has 24 heavy (non-hydrogen) atoms. The summed E-state index contributed by atoms with van der Waals surface area (Å²) in [6.45, 7) is 4.44. The van der Waals surface area contributed by atoms with Gasteiger partial charge >= 0.3 is 6.16 Å². The fourth-order valence-electron chi connectivity index (χ4n) is 3.14. The van der Waals surface area contributed by atoms with Gasteiger partial charge in [-0.25, -0.2) is 4.79 Å². The molecule has 0 bridgehead atoms. The summed E-state index contributed by atoms with van der Waals surface area (Å²) in [4.78, 5) is 11.0. The Hall–Kier alpha value is -1.51. The predicted molar refractivity (Wildman–Crippen MR) is 100 cm³/mol. The maximum atomic E-state index is 11.0. The fraction of sp³-hybridized carbons (Fsp3) is 0.667. The molecular formula is C21H34O3. The van der Waals surface area contributed by atoms with Gasteiger partial charge in [-0.05, 0) is 42.9 Å². The molecule has 0 aromatic heterocycles. The highest BCUT2D eigenvalue weighted by Crippen LogP contribution is 2.27. The Morgan fingerprint density at radius 2 is 1.46 bits per heavy atom. The van der Waals surface area contributed by atoms with E-state index in [9.17, 15) is 4.79 Å². The van der Waals surface area contributed by atoms with Crippen LogP contribution < -0.4 is 4.74 Å². The van der Waals surface area contributed by atoms with Crippen molar-refractivity contribution >= 4 is 6.16 Å². The molecule has 3 nitrogen and oxygen atoms in total. The van der Waals surface area contributed by atoms with Gasteiger partial charge in [-0.3, -0.25) is 0 Å². The number of hydrogen-bond acceptors (Lipinski definition) is 2. The number of rotatable bonds is 13. The second-order valence-corrected chi connectivity index (χ2v) is 6.59. The fourth-order valence-corrected chi connectivity index (χ4v) is 3.14. The van der Waals surface area contributed by atoms with Crippen molar-refractivity contribution in [1.29, 1.82) is 0 Å². The minimum Gasteiger partial charge on any atom is -0.449 e. The van der Waals surface area contributed by atoms with Gasteiger partial charge in [0.1, 0.15) is 5.75 Å². The van der Waals surface area contributed by atoms with Crippen LogP contribution in [0.15, 0.2) is 18.2 Å². The molecule has 1 aromatic rings. The van der Waals surface area contributed by atoms with E-state index in [2.05, 4.69) is 19.9 Å². The molecule has 0 saturated carbocycles. The molecule has 1 rings (SSSR count). The lowest BCUT2D eigenvalue weighted by atomic mass is 9.95. The first-order valence-corrected chi connectivity index (χ1v) is 9.70. The Morgan fingerprint density at radius 1 is 0.875 bits per heavy atom. The van der Waals surface area contributed by atoms with E-state index in [1.807, 2.05) is 6.07 Å². The zero-order valence-electron chi connectivity index (χ0n) is 15.5. The maximum Gasteiger partial charge on any atom is 0.511 e. The van der Waals surface area contributed by atoms with E-state index >= 15 is 0 Å². The van der Waals surface area contributed by atoms with Gasteiger partial charge in [0.2, 0.25) is 0 Å². The van der Waals surface area contributed by atoms with E-state index in [4.69, 9.17) is 9.84 Å². The maximum absolute atomic E-state index is 11.0. The van der Waals surface area contributed by atoms with Crippen LogP contribution in [0.3, 0.4) is 0 Å². The molecule has 1 aromatic carbocycles. The van der Waals surface area contributed by atoms with Gasteiger partial charge in [0.05, 0.1) is 0 Å². The molecule has 0 aliphatic carbocycles. The Bertz CT molecular complexity index is 468. The lowest BCUT2D eigenvalue weighted by Crippen LogP contribution is -2.07. The summed E-state index contributed by atoms with van der Waals surface area (Å²) in [5.41, 5.74) is 2.37. The molecule has 3 heteroatoms. The van der Waals surface area contributed by atoms with Crippen LogP contribution >= 0.6 is 0 Å². The number of carbonyl (C=O) groups is 1. The van der Waals surface area contributed by atoms with Crippen molar-refractivity contribution < 1.29 is 14.6 Å². The van der Waals surface area contributed by atoms with Crippen molar-refractivity contribution in [2.75, 3.05) is 0 Å². The van der Waals surface area contributed by atoms with Crippen LogP contribution in [-0.4, -0.2) is 11.3 Å². The minimum absolute atomic E-state index is 0.532. The lowest BCUT2D eigenvalue weighted by Gasteiger charge is -2.14. The van der Waals surface area contributed by atoms with E-state index in [1.54, 1.807) is 6.07 Å². The molecule has 0 saturated heterocycles. The molecular weight excluding hydrogens is 300 g/mol. The van der Waals surface area contributed by atoms with E-state index in [1.165, 1.54) is 63.4 Å². The molecule has 0 amide bonds. The quantitative estimate of drug-likeness (QED) is 0.246. The highest BCUT2D eigenvalue weighted by Gasteiger charge is 2.12. The Labute approximate surface area is 147 Å². The van der Waals surface area contributed by atoms with Crippen LogP contribution in [0, 0.1) is 0 Å². The molecule has 0 fully saturated rings. The van der Waals surface area contributed by atoms with Crippen LogP contribution in [0.1, 0.15) is 89.2 Å². The van der Waals surface area contributed by atoms with E-state index in [0.29, 0.717) is 5.75 Å². The Balaban J connectivity index is 2.66. The first-order valence-electron chi connectivity index (χ1n) is 9.70. The third-order valence-corrected chi connectivity index (χ3v) is 4.51. The largest absolute Gasteiger partial charge is 0.511 e. The van der Waals surface area contributed by atoms with E-state index in [-0.39, 0.29) is 0 Å². The highest BCUT2D eigenvalue weighted by atomic mass is 16.7. The molecule has 136 valence electrons. The van der Waals surface area contributed by atoms with Gasteiger partial charge in [0.15, 0.2) is 0 Å². The minimum atomic E-state index is -1.22. The molecule has 1 N–H and O–H groups in total. The molecule has 0 aliphatic rings. The van der Waals surface area contributed by atoms with Crippen molar-refractivity contribution in [2.24, 2.45) is 0 Å². The zero-order valence-corrected chi connectivity index (χ0v) is 15.5. The molecule has 0 unspecified atom stereocenters. The number of benzene rings is 1. The third kappa shape index (κ3) is 8.37. The van der Waals surface area contributed by atoms with Crippen LogP contribution in [-0.2, 0) is 12.8 Å². The highest BCUT2D eigenvalue weighted by molar-refractivity contribution is 5.62. The summed E-state index contributed by atoms with van der Waals surface area (Å²) in [7, 11) is 0. The van der Waals surface area contributed by atoms with Crippen molar-refractivity contribution in [3.8, 4) is 5.75 Å². The first kappa shape index (κ1) is 20.5. The average Bonchev–Trinajstić information content (AvgIpc) is 2.55. The monoisotopic (exact) mass is 334 g/mol. The number of hydrogen-bond donors (Lipinski definition) is 1. The Morgan fingerprint density at radius 3 is 2.04 bits per heavy atom. The van der Waals surface area contributed by atoms with Crippen LogP contribution in [0.2, 0.25) is 0 Å². The number of unbranched alkanes of at least 4 members (excludes halogenated alkanes) is 8. The standard InChI is InChI=1S/C21H34O3/c1-3-5-7-9-11-14-18-15-13-17-20(24-21(22)23)19(18)16-12-10-8-6-4-2/h13,15,17H,3-12,14,16H2,1-2H3,(H,22,23). The van der Waals surface area contributed by atoms with Crippen molar-refractivity contribution in [1.82, 2.24) is 0 Å².